The molecule has 0 saturated heterocycles. The summed E-state index contributed by atoms with van der Waals surface area (Å²) in [6.07, 6.45) is 1.88. The standard InChI is InChI=1S/C31H27N5O6/c1-19-26-24(32-34-30(38)27(20-9-4-2-5-10-20)21-11-6-3-7-12-21)13-8-14-25(26)42-28(19)31(39)35-33-29(37)22-15-17-23(18-16-22)36(40)41/h2-7,9-12,15-18,27H,8,13-14H2,1H3,(H,33,37)(H,34,38)(H,35,39)/b32-24+. The lowest BCUT2D eigenvalue weighted by Gasteiger charge is -2.18. The average Bonchev–Trinajstić information content (AvgIpc) is 3.36. The number of nitrogens with zero attached hydrogens (tertiary/aromatic N) is 2. The minimum atomic E-state index is -0.672. The Bertz CT molecular complexity index is 1620. The van der Waals surface area contributed by atoms with Crippen LogP contribution in [0.15, 0.2) is 94.4 Å². The van der Waals surface area contributed by atoms with Crippen LogP contribution < -0.4 is 16.3 Å². The molecule has 0 fully saturated rings. The fraction of sp³-hybridized carbons (Fsp3) is 0.161. The van der Waals surface area contributed by atoms with Crippen molar-refractivity contribution in [1.82, 2.24) is 16.3 Å². The molecule has 0 radical (unpaired) electrons. The molecule has 0 aliphatic heterocycles. The second-order valence-corrected chi connectivity index (χ2v) is 9.71. The molecule has 42 heavy (non-hydrogen) atoms. The lowest BCUT2D eigenvalue weighted by Crippen LogP contribution is -2.41. The van der Waals surface area contributed by atoms with E-state index in [2.05, 4.69) is 21.4 Å². The molecule has 3 amide bonds. The molecule has 5 rings (SSSR count). The van der Waals surface area contributed by atoms with E-state index >= 15 is 0 Å². The first-order valence-corrected chi connectivity index (χ1v) is 13.3. The van der Waals surface area contributed by atoms with Gasteiger partial charge < -0.3 is 4.42 Å². The van der Waals surface area contributed by atoms with Gasteiger partial charge in [-0.25, -0.2) is 5.43 Å². The van der Waals surface area contributed by atoms with E-state index in [-0.39, 0.29) is 22.9 Å². The van der Waals surface area contributed by atoms with Gasteiger partial charge in [0.05, 0.1) is 16.6 Å². The fourth-order valence-electron chi connectivity index (χ4n) is 4.95. The van der Waals surface area contributed by atoms with Crippen molar-refractivity contribution in [1.29, 1.82) is 0 Å². The number of fused-ring (bicyclic) bond motifs is 1. The van der Waals surface area contributed by atoms with E-state index in [4.69, 9.17) is 4.42 Å². The highest BCUT2D eigenvalue weighted by Crippen LogP contribution is 2.30. The zero-order valence-corrected chi connectivity index (χ0v) is 22.6. The first-order valence-electron chi connectivity index (χ1n) is 13.3. The topological polar surface area (TPSA) is 156 Å². The number of amides is 3. The number of furan rings is 1. The molecular formula is C31H27N5O6. The van der Waals surface area contributed by atoms with Crippen LogP contribution in [-0.4, -0.2) is 28.4 Å². The number of hydrogen-bond acceptors (Lipinski definition) is 7. The van der Waals surface area contributed by atoms with Crippen LogP contribution in [0.25, 0.3) is 0 Å². The normalized spacial score (nSPS) is 13.3. The smallest absolute Gasteiger partial charge is 0.305 e. The quantitative estimate of drug-likeness (QED) is 0.220. The zero-order chi connectivity index (χ0) is 29.6. The van der Waals surface area contributed by atoms with Gasteiger partial charge in [0.2, 0.25) is 0 Å². The molecule has 11 heteroatoms. The van der Waals surface area contributed by atoms with E-state index in [1.165, 1.54) is 24.3 Å². The van der Waals surface area contributed by atoms with Crippen molar-refractivity contribution in [3.8, 4) is 0 Å². The summed E-state index contributed by atoms with van der Waals surface area (Å²) in [5.41, 5.74) is 10.8. The molecule has 1 aromatic heterocycles. The van der Waals surface area contributed by atoms with Gasteiger partial charge >= 0.3 is 5.91 Å². The summed E-state index contributed by atoms with van der Waals surface area (Å²) in [6, 6.07) is 23.9. The zero-order valence-electron chi connectivity index (χ0n) is 22.6. The predicted molar refractivity (Wildman–Crippen MR) is 154 cm³/mol. The molecule has 3 aromatic carbocycles. The summed E-state index contributed by atoms with van der Waals surface area (Å²) in [5.74, 6) is -1.60. The molecule has 212 valence electrons. The number of non-ortho nitro benzene ring substituents is 1. The third-order valence-corrected chi connectivity index (χ3v) is 6.99. The number of aryl methyl sites for hydroxylation is 1. The second kappa shape index (κ2) is 12.3. The average molecular weight is 566 g/mol. The first kappa shape index (κ1) is 28.0. The number of rotatable bonds is 7. The molecule has 0 bridgehead atoms. The summed E-state index contributed by atoms with van der Waals surface area (Å²) >= 11 is 0. The highest BCUT2D eigenvalue weighted by atomic mass is 16.6. The van der Waals surface area contributed by atoms with Gasteiger partial charge in [0.25, 0.3) is 17.5 Å². The van der Waals surface area contributed by atoms with Gasteiger partial charge in [-0.2, -0.15) is 5.10 Å². The summed E-state index contributed by atoms with van der Waals surface area (Å²) in [4.78, 5) is 49.0. The number of nitrogens with one attached hydrogen (secondary N) is 3. The van der Waals surface area contributed by atoms with Crippen molar-refractivity contribution in [2.75, 3.05) is 0 Å². The maximum atomic E-state index is 13.4. The third-order valence-electron chi connectivity index (χ3n) is 6.99. The largest absolute Gasteiger partial charge is 0.455 e. The maximum Gasteiger partial charge on any atom is 0.305 e. The van der Waals surface area contributed by atoms with Crippen LogP contribution in [0, 0.1) is 17.0 Å². The third kappa shape index (κ3) is 5.94. The molecule has 3 N–H and O–H groups in total. The monoisotopic (exact) mass is 565 g/mol. The van der Waals surface area contributed by atoms with Crippen LogP contribution >= 0.6 is 0 Å². The molecule has 11 nitrogen and oxygen atoms in total. The van der Waals surface area contributed by atoms with Gasteiger partial charge in [-0.3, -0.25) is 35.3 Å². The molecule has 4 aromatic rings. The predicted octanol–water partition coefficient (Wildman–Crippen LogP) is 4.56. The number of carbonyl (C=O) groups excluding carboxylic acids is 3. The maximum absolute atomic E-state index is 13.4. The van der Waals surface area contributed by atoms with Crippen LogP contribution in [0.4, 0.5) is 5.69 Å². The Morgan fingerprint density at radius 3 is 2.05 bits per heavy atom. The molecule has 0 unspecified atom stereocenters. The van der Waals surface area contributed by atoms with Gasteiger partial charge in [0.15, 0.2) is 5.76 Å². The number of benzene rings is 3. The molecule has 0 saturated carbocycles. The molecule has 0 spiro atoms. The van der Waals surface area contributed by atoms with E-state index < -0.39 is 22.7 Å². The van der Waals surface area contributed by atoms with Crippen LogP contribution in [0.3, 0.4) is 0 Å². The molecule has 1 aliphatic rings. The van der Waals surface area contributed by atoms with Crippen molar-refractivity contribution in [3.63, 3.8) is 0 Å². The van der Waals surface area contributed by atoms with Gasteiger partial charge in [0.1, 0.15) is 5.76 Å². The van der Waals surface area contributed by atoms with Gasteiger partial charge in [-0.1, -0.05) is 60.7 Å². The highest BCUT2D eigenvalue weighted by Gasteiger charge is 2.29. The van der Waals surface area contributed by atoms with Crippen LogP contribution in [0.5, 0.6) is 0 Å². The number of nitro benzene ring substituents is 1. The summed E-state index contributed by atoms with van der Waals surface area (Å²) in [7, 11) is 0. The van der Waals surface area contributed by atoms with Crippen LogP contribution in [0.1, 0.15) is 67.7 Å². The van der Waals surface area contributed by atoms with Crippen LogP contribution in [0.2, 0.25) is 0 Å². The van der Waals surface area contributed by atoms with Crippen LogP contribution in [-0.2, 0) is 11.2 Å². The van der Waals surface area contributed by atoms with Crippen molar-refractivity contribution in [2.45, 2.75) is 32.1 Å². The number of nitro groups is 1. The van der Waals surface area contributed by atoms with E-state index in [9.17, 15) is 24.5 Å². The summed E-state index contributed by atoms with van der Waals surface area (Å²) < 4.78 is 5.87. The second-order valence-electron chi connectivity index (χ2n) is 9.71. The summed E-state index contributed by atoms with van der Waals surface area (Å²) in [5, 5.41) is 15.3. The van der Waals surface area contributed by atoms with E-state index in [0.717, 1.165) is 11.1 Å². The number of hydrazone groups is 1. The number of carbonyl (C=O) groups is 3. The Labute approximate surface area is 240 Å². The Kier molecular flexibility index (Phi) is 8.19. The molecule has 1 aliphatic carbocycles. The molecular weight excluding hydrogens is 538 g/mol. The molecule has 0 atom stereocenters. The van der Waals surface area contributed by atoms with Crippen molar-refractivity contribution >= 4 is 29.1 Å². The minimum absolute atomic E-state index is 0.0105. The highest BCUT2D eigenvalue weighted by molar-refractivity contribution is 6.07. The Hall–Kier alpha value is -5.58. The van der Waals surface area contributed by atoms with Crippen molar-refractivity contribution in [3.05, 3.63) is 134 Å². The van der Waals surface area contributed by atoms with E-state index in [0.29, 0.717) is 41.9 Å². The summed E-state index contributed by atoms with van der Waals surface area (Å²) in [6.45, 7) is 1.72. The number of hydrazine groups is 1. The SMILES string of the molecule is Cc1c(C(=O)NNC(=O)c2ccc([N+](=O)[O-])cc2)oc2c1/C(=N/NC(=O)C(c1ccccc1)c1ccccc1)CCC2. The van der Waals surface area contributed by atoms with Gasteiger partial charge in [-0.05, 0) is 43.0 Å². The molecule has 1 heterocycles. The van der Waals surface area contributed by atoms with E-state index in [1.54, 1.807) is 6.92 Å². The minimum Gasteiger partial charge on any atom is -0.455 e. The Morgan fingerprint density at radius 1 is 0.857 bits per heavy atom. The Morgan fingerprint density at radius 2 is 1.45 bits per heavy atom. The van der Waals surface area contributed by atoms with Crippen molar-refractivity contribution in [2.24, 2.45) is 5.10 Å². The van der Waals surface area contributed by atoms with Gasteiger partial charge in [0, 0.05) is 35.2 Å². The van der Waals surface area contributed by atoms with E-state index in [1.807, 2.05) is 60.7 Å². The lowest BCUT2D eigenvalue weighted by molar-refractivity contribution is -0.384. The van der Waals surface area contributed by atoms with Crippen molar-refractivity contribution < 1.29 is 23.7 Å². The lowest BCUT2D eigenvalue weighted by atomic mass is 9.90. The fourth-order valence-corrected chi connectivity index (χ4v) is 4.95. The Balaban J connectivity index is 1.31. The van der Waals surface area contributed by atoms with Gasteiger partial charge in [-0.15, -0.1) is 0 Å². The first-order chi connectivity index (χ1) is 20.3. The number of hydrogen-bond donors (Lipinski definition) is 3.